The number of rotatable bonds is 6. The van der Waals surface area contributed by atoms with Gasteiger partial charge < -0.3 is 5.32 Å². The van der Waals surface area contributed by atoms with Crippen molar-refractivity contribution >= 4 is 17.7 Å². The highest BCUT2D eigenvalue weighted by Gasteiger charge is 2.12. The first-order chi connectivity index (χ1) is 12.3. The van der Waals surface area contributed by atoms with Gasteiger partial charge in [0.15, 0.2) is 0 Å². The number of pyridine rings is 2. The Bertz CT molecular complexity index is 852. The third-order valence-corrected chi connectivity index (χ3v) is 4.67. The fraction of sp³-hybridized carbons (Fsp3) is 0.150. The molecule has 0 spiro atoms. The van der Waals surface area contributed by atoms with Crippen molar-refractivity contribution in [1.29, 1.82) is 0 Å². The summed E-state index contributed by atoms with van der Waals surface area (Å²) in [6, 6.07) is 15.4. The topological polar surface area (TPSA) is 54.9 Å². The maximum Gasteiger partial charge on any atom is 0.252 e. The lowest BCUT2D eigenvalue weighted by Gasteiger charge is -2.11. The molecule has 0 unspecified atom stereocenters. The Morgan fingerprint density at radius 1 is 1.04 bits per heavy atom. The Morgan fingerprint density at radius 3 is 2.64 bits per heavy atom. The standard InChI is InChI=1S/C20H19N3OS/c1-2-25-18-8-4-3-7-17(18)20(24)23-14-16-6-5-11-22-19(16)15-9-12-21-13-10-15/h3-13H,2,14H2,1H3,(H,23,24). The van der Waals surface area contributed by atoms with E-state index < -0.39 is 0 Å². The van der Waals surface area contributed by atoms with E-state index in [1.54, 1.807) is 30.4 Å². The molecule has 0 radical (unpaired) electrons. The van der Waals surface area contributed by atoms with Crippen molar-refractivity contribution in [2.24, 2.45) is 0 Å². The highest BCUT2D eigenvalue weighted by atomic mass is 32.2. The predicted octanol–water partition coefficient (Wildman–Crippen LogP) is 4.19. The molecule has 0 bridgehead atoms. The SMILES string of the molecule is CCSc1ccccc1C(=O)NCc1cccnc1-c1ccncc1. The number of nitrogens with one attached hydrogen (secondary N) is 1. The smallest absolute Gasteiger partial charge is 0.252 e. The summed E-state index contributed by atoms with van der Waals surface area (Å²) >= 11 is 1.67. The van der Waals surface area contributed by atoms with Crippen LogP contribution in [0.15, 0.2) is 72.0 Å². The van der Waals surface area contributed by atoms with E-state index in [9.17, 15) is 4.79 Å². The van der Waals surface area contributed by atoms with Gasteiger partial charge in [-0.05, 0) is 41.6 Å². The molecule has 3 rings (SSSR count). The van der Waals surface area contributed by atoms with E-state index in [0.29, 0.717) is 12.1 Å². The second kappa shape index (κ2) is 8.44. The zero-order valence-electron chi connectivity index (χ0n) is 14.0. The van der Waals surface area contributed by atoms with Crippen LogP contribution in [-0.2, 0) is 6.54 Å². The molecule has 2 aromatic heterocycles. The van der Waals surface area contributed by atoms with E-state index in [1.165, 1.54) is 0 Å². The molecule has 25 heavy (non-hydrogen) atoms. The molecule has 126 valence electrons. The van der Waals surface area contributed by atoms with Gasteiger partial charge in [-0.2, -0.15) is 0 Å². The van der Waals surface area contributed by atoms with Crippen molar-refractivity contribution in [2.75, 3.05) is 5.75 Å². The minimum atomic E-state index is -0.0684. The van der Waals surface area contributed by atoms with Crippen molar-refractivity contribution in [3.63, 3.8) is 0 Å². The maximum atomic E-state index is 12.6. The number of carbonyl (C=O) groups is 1. The second-order valence-corrected chi connectivity index (χ2v) is 6.66. The average molecular weight is 349 g/mol. The molecule has 1 aromatic carbocycles. The van der Waals surface area contributed by atoms with Gasteiger partial charge in [0.25, 0.3) is 5.91 Å². The van der Waals surface area contributed by atoms with Gasteiger partial charge in [0.2, 0.25) is 0 Å². The van der Waals surface area contributed by atoms with Crippen molar-refractivity contribution in [3.8, 4) is 11.3 Å². The molecular formula is C20H19N3OS. The molecule has 0 aliphatic heterocycles. The molecular weight excluding hydrogens is 330 g/mol. The van der Waals surface area contributed by atoms with Gasteiger partial charge in [-0.3, -0.25) is 14.8 Å². The Kier molecular flexibility index (Phi) is 5.80. The van der Waals surface area contributed by atoms with E-state index in [-0.39, 0.29) is 5.91 Å². The van der Waals surface area contributed by atoms with Crippen LogP contribution in [0.2, 0.25) is 0 Å². The van der Waals surface area contributed by atoms with Crippen molar-refractivity contribution in [2.45, 2.75) is 18.4 Å². The Balaban J connectivity index is 1.78. The number of benzene rings is 1. The van der Waals surface area contributed by atoms with E-state index in [4.69, 9.17) is 0 Å². The Labute approximate surface area is 151 Å². The van der Waals surface area contributed by atoms with Gasteiger partial charge in [-0.1, -0.05) is 25.1 Å². The number of hydrogen-bond donors (Lipinski definition) is 1. The van der Waals surface area contributed by atoms with Gasteiger partial charge in [-0.15, -0.1) is 11.8 Å². The monoisotopic (exact) mass is 349 g/mol. The van der Waals surface area contributed by atoms with Crippen LogP contribution in [0, 0.1) is 0 Å². The van der Waals surface area contributed by atoms with Crippen LogP contribution in [0.3, 0.4) is 0 Å². The maximum absolute atomic E-state index is 12.6. The molecule has 0 saturated heterocycles. The number of thioether (sulfide) groups is 1. The third kappa shape index (κ3) is 4.25. The van der Waals surface area contributed by atoms with E-state index >= 15 is 0 Å². The zero-order chi connectivity index (χ0) is 17.5. The summed E-state index contributed by atoms with van der Waals surface area (Å²) in [5.41, 5.74) is 3.54. The quantitative estimate of drug-likeness (QED) is 0.678. The van der Waals surface area contributed by atoms with Crippen LogP contribution < -0.4 is 5.32 Å². The van der Waals surface area contributed by atoms with Crippen LogP contribution in [0.4, 0.5) is 0 Å². The van der Waals surface area contributed by atoms with Crippen LogP contribution in [0.25, 0.3) is 11.3 Å². The fourth-order valence-electron chi connectivity index (χ4n) is 2.56. The van der Waals surface area contributed by atoms with E-state index in [0.717, 1.165) is 27.5 Å². The summed E-state index contributed by atoms with van der Waals surface area (Å²) in [4.78, 5) is 22.1. The van der Waals surface area contributed by atoms with Crippen LogP contribution >= 0.6 is 11.8 Å². The molecule has 5 heteroatoms. The lowest BCUT2D eigenvalue weighted by molar-refractivity contribution is 0.0948. The molecule has 0 aliphatic carbocycles. The summed E-state index contributed by atoms with van der Waals surface area (Å²) < 4.78 is 0. The van der Waals surface area contributed by atoms with Crippen molar-refractivity contribution in [1.82, 2.24) is 15.3 Å². The second-order valence-electron chi connectivity index (χ2n) is 5.36. The van der Waals surface area contributed by atoms with Gasteiger partial charge in [-0.25, -0.2) is 0 Å². The number of hydrogen-bond acceptors (Lipinski definition) is 4. The average Bonchev–Trinajstić information content (AvgIpc) is 2.68. The molecule has 0 fully saturated rings. The number of nitrogens with zero attached hydrogens (tertiary/aromatic N) is 2. The van der Waals surface area contributed by atoms with Crippen LogP contribution in [0.5, 0.6) is 0 Å². The van der Waals surface area contributed by atoms with Gasteiger partial charge >= 0.3 is 0 Å². The fourth-order valence-corrected chi connectivity index (χ4v) is 3.36. The molecule has 1 N–H and O–H groups in total. The molecule has 3 aromatic rings. The summed E-state index contributed by atoms with van der Waals surface area (Å²) in [5, 5.41) is 3.02. The number of aromatic nitrogens is 2. The summed E-state index contributed by atoms with van der Waals surface area (Å²) in [5.74, 6) is 0.861. The first-order valence-electron chi connectivity index (χ1n) is 8.14. The van der Waals surface area contributed by atoms with E-state index in [1.807, 2.05) is 48.5 Å². The van der Waals surface area contributed by atoms with Crippen molar-refractivity contribution < 1.29 is 4.79 Å². The third-order valence-electron chi connectivity index (χ3n) is 3.72. The first-order valence-corrected chi connectivity index (χ1v) is 9.12. The Hall–Kier alpha value is -2.66. The van der Waals surface area contributed by atoms with Crippen molar-refractivity contribution in [3.05, 3.63) is 78.2 Å². The minimum absolute atomic E-state index is 0.0684. The highest BCUT2D eigenvalue weighted by molar-refractivity contribution is 7.99. The molecule has 2 heterocycles. The summed E-state index contributed by atoms with van der Waals surface area (Å²) in [6.45, 7) is 2.51. The summed E-state index contributed by atoms with van der Waals surface area (Å²) in [6.07, 6.45) is 5.24. The molecule has 0 atom stereocenters. The zero-order valence-corrected chi connectivity index (χ0v) is 14.8. The largest absolute Gasteiger partial charge is 0.348 e. The molecule has 0 saturated carbocycles. The Morgan fingerprint density at radius 2 is 1.84 bits per heavy atom. The normalized spacial score (nSPS) is 10.4. The lowest BCUT2D eigenvalue weighted by atomic mass is 10.1. The van der Waals surface area contributed by atoms with E-state index in [2.05, 4.69) is 22.2 Å². The molecule has 1 amide bonds. The lowest BCUT2D eigenvalue weighted by Crippen LogP contribution is -2.23. The van der Waals surface area contributed by atoms with Gasteiger partial charge in [0.1, 0.15) is 0 Å². The molecule has 0 aliphatic rings. The highest BCUT2D eigenvalue weighted by Crippen LogP contribution is 2.23. The predicted molar refractivity (Wildman–Crippen MR) is 101 cm³/mol. The van der Waals surface area contributed by atoms with Gasteiger partial charge in [0, 0.05) is 35.6 Å². The number of carbonyl (C=O) groups excluding carboxylic acids is 1. The van der Waals surface area contributed by atoms with Gasteiger partial charge in [0.05, 0.1) is 11.3 Å². The summed E-state index contributed by atoms with van der Waals surface area (Å²) in [7, 11) is 0. The number of amides is 1. The van der Waals surface area contributed by atoms with Crippen LogP contribution in [0.1, 0.15) is 22.8 Å². The first kappa shape index (κ1) is 17.2. The van der Waals surface area contributed by atoms with Crippen LogP contribution in [-0.4, -0.2) is 21.6 Å². The molecule has 4 nitrogen and oxygen atoms in total. The minimum Gasteiger partial charge on any atom is -0.348 e.